The fraction of sp³-hybridized carbons (Fsp3) is 0.261. The van der Waals surface area contributed by atoms with E-state index >= 15 is 0 Å². The van der Waals surface area contributed by atoms with Gasteiger partial charge in [-0.3, -0.25) is 4.79 Å². The van der Waals surface area contributed by atoms with E-state index in [1.54, 1.807) is 6.92 Å². The molecule has 0 atom stereocenters. The van der Waals surface area contributed by atoms with Crippen molar-refractivity contribution in [3.63, 3.8) is 0 Å². The number of unbranched alkanes of at least 4 members (excludes halogenated alkanes) is 2. The summed E-state index contributed by atoms with van der Waals surface area (Å²) in [4.78, 5) is 11.4. The third-order valence-electron chi connectivity index (χ3n) is 4.34. The Bertz CT molecular complexity index is 842. The predicted molar refractivity (Wildman–Crippen MR) is 105 cm³/mol. The fourth-order valence-electron chi connectivity index (χ4n) is 2.77. The first-order chi connectivity index (χ1) is 12.7. The summed E-state index contributed by atoms with van der Waals surface area (Å²) >= 11 is 0. The highest BCUT2D eigenvalue weighted by Crippen LogP contribution is 2.29. The number of ketones is 1. The summed E-state index contributed by atoms with van der Waals surface area (Å²) in [5.74, 6) is 2.55. The van der Waals surface area contributed by atoms with Crippen LogP contribution in [0.25, 0.3) is 22.6 Å². The Morgan fingerprint density at radius 1 is 0.846 bits per heavy atom. The Morgan fingerprint density at radius 2 is 1.42 bits per heavy atom. The third-order valence-corrected chi connectivity index (χ3v) is 4.34. The zero-order chi connectivity index (χ0) is 18.4. The van der Waals surface area contributed by atoms with Crippen LogP contribution in [0.4, 0.5) is 0 Å². The molecule has 1 heterocycles. The minimum absolute atomic E-state index is 0.0636. The number of carbonyl (C=O) groups excluding carboxylic acids is 1. The number of furan rings is 1. The molecular weight excluding hydrogens is 324 g/mol. The van der Waals surface area contributed by atoms with Crippen molar-refractivity contribution in [2.45, 2.75) is 33.1 Å². The highest BCUT2D eigenvalue weighted by molar-refractivity contribution is 5.94. The van der Waals surface area contributed by atoms with Crippen LogP contribution in [-0.4, -0.2) is 12.4 Å². The van der Waals surface area contributed by atoms with Gasteiger partial charge in [-0.15, -0.1) is 0 Å². The molecule has 0 aliphatic heterocycles. The lowest BCUT2D eigenvalue weighted by Gasteiger charge is -2.06. The maximum absolute atomic E-state index is 11.4. The van der Waals surface area contributed by atoms with E-state index in [2.05, 4.69) is 6.92 Å². The van der Waals surface area contributed by atoms with Gasteiger partial charge in [-0.1, -0.05) is 44.0 Å². The summed E-state index contributed by atoms with van der Waals surface area (Å²) in [6.45, 7) is 4.51. The standard InChI is InChI=1S/C23H24O3/c1-3-4-5-16-25-21-12-10-20(11-13-21)23-15-14-22(26-23)19-8-6-18(7-9-19)17(2)24/h6-15H,3-5,16H2,1-2H3. The van der Waals surface area contributed by atoms with Crippen LogP contribution < -0.4 is 4.74 Å². The van der Waals surface area contributed by atoms with Gasteiger partial charge in [-0.2, -0.15) is 0 Å². The van der Waals surface area contributed by atoms with E-state index in [4.69, 9.17) is 9.15 Å². The first-order valence-electron chi connectivity index (χ1n) is 9.12. The van der Waals surface area contributed by atoms with Gasteiger partial charge in [-0.25, -0.2) is 0 Å². The Labute approximate surface area is 154 Å². The molecule has 3 aromatic rings. The van der Waals surface area contributed by atoms with Crippen LogP contribution in [0.2, 0.25) is 0 Å². The van der Waals surface area contributed by atoms with Crippen molar-refractivity contribution in [1.82, 2.24) is 0 Å². The second-order valence-electron chi connectivity index (χ2n) is 6.38. The van der Waals surface area contributed by atoms with Crippen molar-refractivity contribution in [3.05, 3.63) is 66.2 Å². The molecule has 0 spiro atoms. The molecule has 0 unspecified atom stereocenters. The molecule has 0 saturated carbocycles. The van der Waals surface area contributed by atoms with Gasteiger partial charge in [0.2, 0.25) is 0 Å². The van der Waals surface area contributed by atoms with Crippen molar-refractivity contribution < 1.29 is 13.9 Å². The molecule has 3 nitrogen and oxygen atoms in total. The summed E-state index contributed by atoms with van der Waals surface area (Å²) < 4.78 is 11.7. The zero-order valence-corrected chi connectivity index (χ0v) is 15.3. The molecule has 0 saturated heterocycles. The Balaban J connectivity index is 1.68. The van der Waals surface area contributed by atoms with Gasteiger partial charge < -0.3 is 9.15 Å². The summed E-state index contributed by atoms with van der Waals surface area (Å²) in [5.41, 5.74) is 2.67. The van der Waals surface area contributed by atoms with E-state index in [9.17, 15) is 4.79 Å². The summed E-state index contributed by atoms with van der Waals surface area (Å²) in [5, 5.41) is 0. The van der Waals surface area contributed by atoms with Gasteiger partial charge in [0.1, 0.15) is 17.3 Å². The first kappa shape index (κ1) is 18.0. The molecule has 0 aliphatic carbocycles. The van der Waals surface area contributed by atoms with Crippen LogP contribution in [0, 0.1) is 0 Å². The van der Waals surface area contributed by atoms with Gasteiger partial charge in [0.25, 0.3) is 0 Å². The summed E-state index contributed by atoms with van der Waals surface area (Å²) in [6.07, 6.45) is 3.48. The van der Waals surface area contributed by atoms with E-state index < -0.39 is 0 Å². The predicted octanol–water partition coefficient (Wildman–Crippen LogP) is 6.39. The van der Waals surface area contributed by atoms with Crippen LogP contribution in [-0.2, 0) is 0 Å². The zero-order valence-electron chi connectivity index (χ0n) is 15.3. The molecule has 1 aromatic heterocycles. The third kappa shape index (κ3) is 4.42. The highest BCUT2D eigenvalue weighted by Gasteiger charge is 2.08. The normalized spacial score (nSPS) is 10.7. The van der Waals surface area contributed by atoms with Gasteiger partial charge >= 0.3 is 0 Å². The average Bonchev–Trinajstić information content (AvgIpc) is 3.16. The molecule has 0 fully saturated rings. The van der Waals surface area contributed by atoms with Crippen LogP contribution in [0.1, 0.15) is 43.5 Å². The van der Waals surface area contributed by atoms with E-state index in [0.29, 0.717) is 5.56 Å². The second-order valence-corrected chi connectivity index (χ2v) is 6.38. The molecule has 3 heteroatoms. The van der Waals surface area contributed by atoms with Crippen LogP contribution >= 0.6 is 0 Å². The lowest BCUT2D eigenvalue weighted by Crippen LogP contribution is -1.96. The van der Waals surface area contributed by atoms with Crippen molar-refractivity contribution in [2.24, 2.45) is 0 Å². The Morgan fingerprint density at radius 3 is 1.96 bits per heavy atom. The number of Topliss-reactive ketones (excluding diaryl/α,β-unsaturated/α-hetero) is 1. The molecule has 0 radical (unpaired) electrons. The molecular formula is C23H24O3. The number of rotatable bonds is 8. The average molecular weight is 348 g/mol. The molecule has 2 aromatic carbocycles. The monoisotopic (exact) mass is 348 g/mol. The number of benzene rings is 2. The highest BCUT2D eigenvalue weighted by atomic mass is 16.5. The Hall–Kier alpha value is -2.81. The van der Waals surface area contributed by atoms with Crippen molar-refractivity contribution in [1.29, 1.82) is 0 Å². The molecule has 26 heavy (non-hydrogen) atoms. The largest absolute Gasteiger partial charge is 0.494 e. The van der Waals surface area contributed by atoms with Gasteiger partial charge in [0.05, 0.1) is 6.61 Å². The van der Waals surface area contributed by atoms with E-state index in [0.717, 1.165) is 41.4 Å². The number of hydrogen-bond acceptors (Lipinski definition) is 3. The maximum Gasteiger partial charge on any atom is 0.159 e. The van der Waals surface area contributed by atoms with Crippen molar-refractivity contribution >= 4 is 5.78 Å². The smallest absolute Gasteiger partial charge is 0.159 e. The fourth-order valence-corrected chi connectivity index (χ4v) is 2.77. The molecule has 134 valence electrons. The van der Waals surface area contributed by atoms with E-state index in [1.807, 2.05) is 60.7 Å². The Kier molecular flexibility index (Phi) is 5.90. The minimum atomic E-state index is 0.0636. The second kappa shape index (κ2) is 8.52. The topological polar surface area (TPSA) is 39.4 Å². The SMILES string of the molecule is CCCCCOc1ccc(-c2ccc(-c3ccc(C(C)=O)cc3)o2)cc1. The molecule has 0 aliphatic rings. The van der Waals surface area contributed by atoms with Crippen LogP contribution in [0.5, 0.6) is 5.75 Å². The number of hydrogen-bond donors (Lipinski definition) is 0. The van der Waals surface area contributed by atoms with Crippen molar-refractivity contribution in [3.8, 4) is 28.4 Å². The first-order valence-corrected chi connectivity index (χ1v) is 9.12. The quantitative estimate of drug-likeness (QED) is 0.350. The molecule has 3 rings (SSSR count). The molecule has 0 N–H and O–H groups in total. The number of carbonyl (C=O) groups is 1. The van der Waals surface area contributed by atoms with E-state index in [1.165, 1.54) is 12.8 Å². The molecule has 0 bridgehead atoms. The van der Waals surface area contributed by atoms with E-state index in [-0.39, 0.29) is 5.78 Å². The van der Waals surface area contributed by atoms with Crippen LogP contribution in [0.3, 0.4) is 0 Å². The minimum Gasteiger partial charge on any atom is -0.494 e. The maximum atomic E-state index is 11.4. The van der Waals surface area contributed by atoms with Gasteiger partial charge in [-0.05, 0) is 49.7 Å². The van der Waals surface area contributed by atoms with Gasteiger partial charge in [0.15, 0.2) is 5.78 Å². The summed E-state index contributed by atoms with van der Waals surface area (Å²) in [7, 11) is 0. The molecule has 0 amide bonds. The lowest BCUT2D eigenvalue weighted by atomic mass is 10.1. The number of ether oxygens (including phenoxy) is 1. The summed E-state index contributed by atoms with van der Waals surface area (Å²) in [6, 6.07) is 19.4. The van der Waals surface area contributed by atoms with Crippen molar-refractivity contribution in [2.75, 3.05) is 6.61 Å². The van der Waals surface area contributed by atoms with Gasteiger partial charge in [0, 0.05) is 16.7 Å². The van der Waals surface area contributed by atoms with Crippen LogP contribution in [0.15, 0.2) is 65.1 Å². The lowest BCUT2D eigenvalue weighted by molar-refractivity contribution is 0.101.